The number of imide groups is 1. The number of nitrogens with zero attached hydrogens (tertiary/aromatic N) is 3. The average molecular weight is 775 g/mol. The number of hydrogen-bond donors (Lipinski definition) is 0. The number of ketones is 1. The molecule has 0 unspecified atom stereocenters. The Morgan fingerprint density at radius 3 is 1.95 bits per heavy atom. The topological polar surface area (TPSA) is 127 Å². The summed E-state index contributed by atoms with van der Waals surface area (Å²) >= 11 is 13.3. The molecule has 0 atom stereocenters. The van der Waals surface area contributed by atoms with Crippen molar-refractivity contribution in [3.63, 3.8) is 0 Å². The zero-order valence-corrected chi connectivity index (χ0v) is 25.4. The van der Waals surface area contributed by atoms with E-state index in [4.69, 9.17) is 4.74 Å². The number of halogens is 4. The van der Waals surface area contributed by atoms with Crippen molar-refractivity contribution in [1.29, 1.82) is 0 Å². The van der Waals surface area contributed by atoms with E-state index in [-0.39, 0.29) is 36.9 Å². The molecule has 14 heteroatoms. The van der Waals surface area contributed by atoms with Crippen LogP contribution in [0.2, 0.25) is 0 Å². The summed E-state index contributed by atoms with van der Waals surface area (Å²) in [6.07, 6.45) is 0. The molecule has 38 heavy (non-hydrogen) atoms. The number of rotatable bonds is 7. The maximum absolute atomic E-state index is 13.6. The standard InChI is InChI=1S/C24H13Br4N3O7/c1-38-14-4-2-3-12(9-14)15(32)10-29(22(33)11-5-7-13(8-6-11)31(36)37)30-23(34)16-17(24(30)35)19(26)21(28)20(27)18(16)25/h2-9H,10H2,1H3. The van der Waals surface area contributed by atoms with Gasteiger partial charge >= 0.3 is 0 Å². The predicted octanol–water partition coefficient (Wildman–Crippen LogP) is 6.19. The largest absolute Gasteiger partial charge is 0.497 e. The average Bonchev–Trinajstić information content (AvgIpc) is 3.18. The van der Waals surface area contributed by atoms with Gasteiger partial charge in [0.15, 0.2) is 5.78 Å². The molecule has 0 aliphatic carbocycles. The van der Waals surface area contributed by atoms with Gasteiger partial charge in [0.1, 0.15) is 12.3 Å². The Labute approximate surface area is 248 Å². The molecule has 0 aromatic heterocycles. The Hall–Kier alpha value is -2.94. The van der Waals surface area contributed by atoms with Gasteiger partial charge in [-0.2, -0.15) is 5.01 Å². The molecule has 194 valence electrons. The summed E-state index contributed by atoms with van der Waals surface area (Å²) in [5, 5.41) is 12.4. The molecule has 0 radical (unpaired) electrons. The fourth-order valence-electron chi connectivity index (χ4n) is 3.69. The molecule has 0 fully saturated rings. The number of amides is 3. The van der Waals surface area contributed by atoms with E-state index in [2.05, 4.69) is 63.7 Å². The number of methoxy groups -OCH3 is 1. The number of ether oxygens (including phenoxy) is 1. The van der Waals surface area contributed by atoms with Gasteiger partial charge < -0.3 is 4.74 Å². The minimum absolute atomic E-state index is 0.0210. The third kappa shape index (κ3) is 4.93. The van der Waals surface area contributed by atoms with Crippen molar-refractivity contribution < 1.29 is 28.8 Å². The van der Waals surface area contributed by atoms with E-state index >= 15 is 0 Å². The first-order chi connectivity index (χ1) is 18.0. The number of nitro groups is 1. The number of non-ortho nitro benzene ring substituents is 1. The van der Waals surface area contributed by atoms with Gasteiger partial charge in [0.05, 0.1) is 23.2 Å². The smallest absolute Gasteiger partial charge is 0.282 e. The number of nitro benzene ring substituents is 1. The minimum Gasteiger partial charge on any atom is -0.497 e. The first-order valence-corrected chi connectivity index (χ1v) is 13.6. The SMILES string of the molecule is COc1cccc(C(=O)CN(C(=O)c2ccc([N+](=O)[O-])cc2)N2C(=O)c3c(Br)c(Br)c(Br)c(Br)c3C2=O)c1. The van der Waals surface area contributed by atoms with Crippen LogP contribution < -0.4 is 4.74 Å². The number of hydrazine groups is 1. The van der Waals surface area contributed by atoms with Crippen LogP contribution >= 0.6 is 63.7 Å². The van der Waals surface area contributed by atoms with Gasteiger partial charge in [-0.25, -0.2) is 5.01 Å². The molecule has 1 heterocycles. The Balaban J connectivity index is 1.81. The van der Waals surface area contributed by atoms with Crippen LogP contribution in [-0.2, 0) is 0 Å². The lowest BCUT2D eigenvalue weighted by Crippen LogP contribution is -2.51. The van der Waals surface area contributed by atoms with Crippen LogP contribution in [0.15, 0.2) is 66.4 Å². The van der Waals surface area contributed by atoms with Crippen molar-refractivity contribution in [2.24, 2.45) is 0 Å². The Bertz CT molecular complexity index is 1500. The number of carbonyl (C=O) groups is 4. The summed E-state index contributed by atoms with van der Waals surface area (Å²) in [6, 6.07) is 10.8. The molecule has 0 saturated carbocycles. The van der Waals surface area contributed by atoms with Crippen LogP contribution in [0.25, 0.3) is 0 Å². The fourth-order valence-corrected chi connectivity index (χ4v) is 6.15. The van der Waals surface area contributed by atoms with Gasteiger partial charge in [0.2, 0.25) is 0 Å². The van der Waals surface area contributed by atoms with Crippen LogP contribution in [0, 0.1) is 10.1 Å². The Kier molecular flexibility index (Phi) is 8.16. The number of fused-ring (bicyclic) bond motifs is 1. The number of hydrogen-bond acceptors (Lipinski definition) is 7. The van der Waals surface area contributed by atoms with Crippen LogP contribution in [0.1, 0.15) is 41.4 Å². The molecular weight excluding hydrogens is 762 g/mol. The van der Waals surface area contributed by atoms with Gasteiger partial charge in [-0.3, -0.25) is 29.3 Å². The van der Waals surface area contributed by atoms with Gasteiger partial charge in [0.25, 0.3) is 23.4 Å². The molecule has 10 nitrogen and oxygen atoms in total. The highest BCUT2D eigenvalue weighted by molar-refractivity contribution is 9.15. The van der Waals surface area contributed by atoms with Crippen LogP contribution in [-0.4, -0.2) is 52.1 Å². The second-order valence-electron chi connectivity index (χ2n) is 7.75. The second kappa shape index (κ2) is 11.0. The number of Topliss-reactive ketones (excluding diaryl/α,β-unsaturated/α-hetero) is 1. The lowest BCUT2D eigenvalue weighted by Gasteiger charge is -2.29. The van der Waals surface area contributed by atoms with Gasteiger partial charge in [-0.15, -0.1) is 0 Å². The summed E-state index contributed by atoms with van der Waals surface area (Å²) in [5.41, 5.74) is -0.204. The molecule has 3 aromatic rings. The maximum Gasteiger partial charge on any atom is 0.282 e. The molecule has 3 amide bonds. The van der Waals surface area contributed by atoms with Gasteiger partial charge in [-0.1, -0.05) is 12.1 Å². The Morgan fingerprint density at radius 2 is 1.45 bits per heavy atom. The lowest BCUT2D eigenvalue weighted by atomic mass is 10.1. The molecule has 1 aliphatic rings. The second-order valence-corrected chi connectivity index (χ2v) is 10.9. The van der Waals surface area contributed by atoms with Crippen LogP contribution in [0.3, 0.4) is 0 Å². The van der Waals surface area contributed by atoms with Crippen molar-refractivity contribution in [2.75, 3.05) is 13.7 Å². The van der Waals surface area contributed by atoms with E-state index in [1.165, 1.54) is 31.4 Å². The zero-order chi connectivity index (χ0) is 27.9. The minimum atomic E-state index is -0.893. The highest BCUT2D eigenvalue weighted by Crippen LogP contribution is 2.45. The van der Waals surface area contributed by atoms with Crippen molar-refractivity contribution in [1.82, 2.24) is 10.0 Å². The summed E-state index contributed by atoms with van der Waals surface area (Å²) in [5.74, 6) is -2.78. The quantitative estimate of drug-likeness (QED) is 0.0700. The molecule has 0 spiro atoms. The third-order valence-corrected chi connectivity index (χ3v) is 10.3. The molecule has 4 rings (SSSR count). The zero-order valence-electron chi connectivity index (χ0n) is 19.0. The normalized spacial score (nSPS) is 12.4. The Morgan fingerprint density at radius 1 is 0.895 bits per heavy atom. The van der Waals surface area contributed by atoms with Crippen LogP contribution in [0.5, 0.6) is 5.75 Å². The van der Waals surface area contributed by atoms with E-state index in [1.54, 1.807) is 12.1 Å². The summed E-state index contributed by atoms with van der Waals surface area (Å²) in [6.45, 7) is -0.688. The maximum atomic E-state index is 13.6. The first-order valence-electron chi connectivity index (χ1n) is 10.5. The molecule has 0 N–H and O–H groups in total. The van der Waals surface area contributed by atoms with Gasteiger partial charge in [-0.05, 0) is 88.0 Å². The van der Waals surface area contributed by atoms with Gasteiger partial charge in [0, 0.05) is 41.2 Å². The van der Waals surface area contributed by atoms with E-state index in [0.717, 1.165) is 17.1 Å². The first kappa shape index (κ1) is 28.1. The predicted molar refractivity (Wildman–Crippen MR) is 149 cm³/mol. The summed E-state index contributed by atoms with van der Waals surface area (Å²) < 4.78 is 6.60. The summed E-state index contributed by atoms with van der Waals surface area (Å²) in [4.78, 5) is 64.5. The van der Waals surface area contributed by atoms with Crippen molar-refractivity contribution >= 4 is 92.9 Å². The number of carbonyl (C=O) groups excluding carboxylic acids is 4. The number of benzene rings is 3. The highest BCUT2D eigenvalue weighted by atomic mass is 79.9. The lowest BCUT2D eigenvalue weighted by molar-refractivity contribution is -0.384. The van der Waals surface area contributed by atoms with Crippen molar-refractivity contribution in [2.45, 2.75) is 0 Å². The summed E-state index contributed by atoms with van der Waals surface area (Å²) in [7, 11) is 1.43. The molecule has 3 aromatic carbocycles. The molecule has 0 saturated heterocycles. The third-order valence-electron chi connectivity index (χ3n) is 5.57. The van der Waals surface area contributed by atoms with E-state index in [0.29, 0.717) is 19.7 Å². The van der Waals surface area contributed by atoms with E-state index in [1.807, 2.05) is 0 Å². The molecule has 1 aliphatic heterocycles. The highest BCUT2D eigenvalue weighted by Gasteiger charge is 2.46. The van der Waals surface area contributed by atoms with Crippen molar-refractivity contribution in [3.05, 3.63) is 98.8 Å². The van der Waals surface area contributed by atoms with E-state index in [9.17, 15) is 29.3 Å². The fraction of sp³-hybridized carbons (Fsp3) is 0.0833. The van der Waals surface area contributed by atoms with Crippen molar-refractivity contribution in [3.8, 4) is 5.75 Å². The molecule has 0 bridgehead atoms. The van der Waals surface area contributed by atoms with Crippen LogP contribution in [0.4, 0.5) is 5.69 Å². The van der Waals surface area contributed by atoms with E-state index < -0.39 is 35.0 Å². The molecular formula is C24H13Br4N3O7. The monoisotopic (exact) mass is 771 g/mol.